The summed E-state index contributed by atoms with van der Waals surface area (Å²) in [5.41, 5.74) is 0.449. The Hall–Kier alpha value is -2.53. The van der Waals surface area contributed by atoms with Crippen molar-refractivity contribution in [2.45, 2.75) is 13.0 Å². The number of aliphatic hydroxyl groups excluding tert-OH is 4. The summed E-state index contributed by atoms with van der Waals surface area (Å²) >= 11 is 0. The van der Waals surface area contributed by atoms with Gasteiger partial charge >= 0.3 is 17.9 Å². The van der Waals surface area contributed by atoms with Crippen molar-refractivity contribution in [3.63, 3.8) is 0 Å². The summed E-state index contributed by atoms with van der Waals surface area (Å²) in [4.78, 5) is 31.9. The molecule has 0 atom stereocenters. The fourth-order valence-corrected chi connectivity index (χ4v) is 1.22. The molecule has 10 nitrogen and oxygen atoms in total. The molecule has 0 saturated carbocycles. The van der Waals surface area contributed by atoms with Gasteiger partial charge in [0.2, 0.25) is 0 Å². The minimum absolute atomic E-state index is 0.221. The molecule has 1 aromatic carbocycles. The van der Waals surface area contributed by atoms with E-state index in [-0.39, 0.29) is 30.9 Å². The standard InChI is InChI=1S/C11H12O4.C3H8O3.C2H4O3/c1-3-15-11(13)9-7-5-4-6-8(9)10(12)14-2;4-1-3(6)2-5;3-1-2(4)5/h4-7H,3H2,1-2H3;3-6H,1-2H2;3H,1H2,(H,4,5). The molecule has 5 N–H and O–H groups in total. The van der Waals surface area contributed by atoms with E-state index in [4.69, 9.17) is 35.1 Å². The van der Waals surface area contributed by atoms with E-state index in [9.17, 15) is 9.59 Å². The maximum atomic E-state index is 11.5. The Bertz CT molecular complexity index is 540. The molecule has 10 heteroatoms. The van der Waals surface area contributed by atoms with Crippen LogP contribution in [0.5, 0.6) is 0 Å². The molecule has 0 saturated heterocycles. The molecule has 0 fully saturated rings. The van der Waals surface area contributed by atoms with Crippen molar-refractivity contribution in [2.75, 3.05) is 33.5 Å². The van der Waals surface area contributed by atoms with E-state index >= 15 is 0 Å². The van der Waals surface area contributed by atoms with Crippen molar-refractivity contribution < 1.29 is 49.4 Å². The third kappa shape index (κ3) is 11.9. The highest BCUT2D eigenvalue weighted by atomic mass is 16.5. The molecule has 26 heavy (non-hydrogen) atoms. The molecule has 0 bridgehead atoms. The van der Waals surface area contributed by atoms with Crippen molar-refractivity contribution in [1.82, 2.24) is 0 Å². The van der Waals surface area contributed by atoms with Crippen LogP contribution in [-0.2, 0) is 14.3 Å². The molecule has 0 aromatic heterocycles. The molecule has 0 aliphatic heterocycles. The predicted molar refractivity (Wildman–Crippen MR) is 88.6 cm³/mol. The van der Waals surface area contributed by atoms with Gasteiger partial charge in [0.15, 0.2) is 0 Å². The molecule has 0 aliphatic rings. The zero-order chi connectivity index (χ0) is 20.5. The average molecular weight is 376 g/mol. The van der Waals surface area contributed by atoms with Crippen LogP contribution in [0.2, 0.25) is 0 Å². The fraction of sp³-hybridized carbons (Fsp3) is 0.438. The van der Waals surface area contributed by atoms with Gasteiger partial charge in [0.1, 0.15) is 12.7 Å². The second kappa shape index (κ2) is 16.0. The fourth-order valence-electron chi connectivity index (χ4n) is 1.22. The van der Waals surface area contributed by atoms with Gasteiger partial charge < -0.3 is 35.0 Å². The highest BCUT2D eigenvalue weighted by Crippen LogP contribution is 2.11. The van der Waals surface area contributed by atoms with Gasteiger partial charge in [-0.05, 0) is 19.1 Å². The number of rotatable bonds is 6. The number of carbonyl (C=O) groups excluding carboxylic acids is 2. The van der Waals surface area contributed by atoms with Crippen LogP contribution in [0.3, 0.4) is 0 Å². The van der Waals surface area contributed by atoms with E-state index in [1.807, 2.05) is 0 Å². The van der Waals surface area contributed by atoms with Crippen molar-refractivity contribution in [3.05, 3.63) is 35.4 Å². The SMILES string of the molecule is CCOC(=O)c1ccccc1C(=O)OC.O=C(O)CO.OCC(O)CO. The van der Waals surface area contributed by atoms with Crippen LogP contribution >= 0.6 is 0 Å². The third-order valence-corrected chi connectivity index (χ3v) is 2.38. The minimum atomic E-state index is -1.19. The summed E-state index contributed by atoms with van der Waals surface area (Å²) < 4.78 is 9.38. The van der Waals surface area contributed by atoms with E-state index in [2.05, 4.69) is 4.74 Å². The Morgan fingerprint density at radius 2 is 1.42 bits per heavy atom. The predicted octanol–water partition coefficient (Wildman–Crippen LogP) is -0.955. The average Bonchev–Trinajstić information content (AvgIpc) is 2.67. The van der Waals surface area contributed by atoms with Crippen LogP contribution in [0.1, 0.15) is 27.6 Å². The van der Waals surface area contributed by atoms with Gasteiger partial charge in [0.05, 0.1) is 38.1 Å². The largest absolute Gasteiger partial charge is 0.480 e. The molecule has 0 radical (unpaired) electrons. The van der Waals surface area contributed by atoms with E-state index in [0.717, 1.165) is 0 Å². The number of aliphatic carboxylic acids is 1. The Kier molecular flexibility index (Phi) is 15.8. The zero-order valence-electron chi connectivity index (χ0n) is 14.5. The summed E-state index contributed by atoms with van der Waals surface area (Å²) in [6, 6.07) is 6.38. The number of benzene rings is 1. The summed E-state index contributed by atoms with van der Waals surface area (Å²) in [5.74, 6) is -2.25. The van der Waals surface area contributed by atoms with Crippen molar-refractivity contribution in [2.24, 2.45) is 0 Å². The first-order chi connectivity index (χ1) is 12.3. The quantitative estimate of drug-likeness (QED) is 0.390. The molecule has 0 heterocycles. The second-order valence-corrected chi connectivity index (χ2v) is 4.33. The van der Waals surface area contributed by atoms with Crippen molar-refractivity contribution in [1.29, 1.82) is 0 Å². The van der Waals surface area contributed by atoms with E-state index < -0.39 is 30.6 Å². The van der Waals surface area contributed by atoms with Gasteiger partial charge in [-0.2, -0.15) is 0 Å². The normalized spacial score (nSPS) is 9.19. The van der Waals surface area contributed by atoms with Crippen LogP contribution in [0, 0.1) is 0 Å². The summed E-state index contributed by atoms with van der Waals surface area (Å²) in [7, 11) is 1.27. The number of aliphatic hydroxyl groups is 4. The van der Waals surface area contributed by atoms with Crippen LogP contribution in [0.4, 0.5) is 0 Å². The first-order valence-electron chi connectivity index (χ1n) is 7.35. The molecule has 0 amide bonds. The monoisotopic (exact) mass is 376 g/mol. The van der Waals surface area contributed by atoms with Gasteiger partial charge in [-0.25, -0.2) is 14.4 Å². The maximum absolute atomic E-state index is 11.5. The van der Waals surface area contributed by atoms with Crippen LogP contribution in [-0.4, -0.2) is 83.1 Å². The molecular weight excluding hydrogens is 352 g/mol. The maximum Gasteiger partial charge on any atom is 0.338 e. The number of hydrogen-bond donors (Lipinski definition) is 5. The molecule has 0 unspecified atom stereocenters. The summed E-state index contributed by atoms with van der Waals surface area (Å²) in [5, 5.41) is 39.0. The van der Waals surface area contributed by atoms with Crippen molar-refractivity contribution in [3.8, 4) is 0 Å². The van der Waals surface area contributed by atoms with Gasteiger partial charge in [-0.3, -0.25) is 0 Å². The Labute approximate surface area is 150 Å². The lowest BCUT2D eigenvalue weighted by molar-refractivity contribution is -0.140. The highest BCUT2D eigenvalue weighted by molar-refractivity contribution is 6.03. The van der Waals surface area contributed by atoms with Gasteiger partial charge in [-0.1, -0.05) is 12.1 Å². The smallest absolute Gasteiger partial charge is 0.338 e. The topological polar surface area (TPSA) is 171 Å². The van der Waals surface area contributed by atoms with E-state index in [1.54, 1.807) is 19.1 Å². The molecular formula is C16H24O10. The van der Waals surface area contributed by atoms with E-state index in [0.29, 0.717) is 0 Å². The Morgan fingerprint density at radius 3 is 1.69 bits per heavy atom. The number of methoxy groups -OCH3 is 1. The van der Waals surface area contributed by atoms with Gasteiger partial charge in [0, 0.05) is 0 Å². The van der Waals surface area contributed by atoms with Crippen LogP contribution in [0.25, 0.3) is 0 Å². The lowest BCUT2D eigenvalue weighted by Gasteiger charge is -2.06. The summed E-state index contributed by atoms with van der Waals surface area (Å²) in [6.45, 7) is 0.472. The lowest BCUT2D eigenvalue weighted by atomic mass is 10.1. The van der Waals surface area contributed by atoms with E-state index in [1.165, 1.54) is 19.2 Å². The van der Waals surface area contributed by atoms with Gasteiger partial charge in [0.25, 0.3) is 0 Å². The molecule has 0 aliphatic carbocycles. The third-order valence-electron chi connectivity index (χ3n) is 2.38. The van der Waals surface area contributed by atoms with Crippen molar-refractivity contribution >= 4 is 17.9 Å². The molecule has 1 aromatic rings. The molecule has 0 spiro atoms. The van der Waals surface area contributed by atoms with Crippen LogP contribution < -0.4 is 0 Å². The number of ether oxygens (including phenoxy) is 2. The Balaban J connectivity index is 0. The number of carboxylic acids is 1. The lowest BCUT2D eigenvalue weighted by Crippen LogP contribution is -2.15. The first-order valence-corrected chi connectivity index (χ1v) is 7.35. The zero-order valence-corrected chi connectivity index (χ0v) is 14.5. The molecule has 1 rings (SSSR count). The number of hydrogen-bond acceptors (Lipinski definition) is 9. The Morgan fingerprint density at radius 1 is 1.00 bits per heavy atom. The number of carbonyl (C=O) groups is 3. The highest BCUT2D eigenvalue weighted by Gasteiger charge is 2.17. The second-order valence-electron chi connectivity index (χ2n) is 4.33. The summed E-state index contributed by atoms with van der Waals surface area (Å²) in [6.07, 6.45) is -0.954. The minimum Gasteiger partial charge on any atom is -0.480 e. The first kappa shape index (κ1) is 25.7. The number of carboxylic acid groups (broad SMARTS) is 1. The van der Waals surface area contributed by atoms with Gasteiger partial charge in [-0.15, -0.1) is 0 Å². The number of esters is 2. The molecule has 148 valence electrons. The van der Waals surface area contributed by atoms with Crippen LogP contribution in [0.15, 0.2) is 24.3 Å².